The van der Waals surface area contributed by atoms with E-state index in [1.165, 1.54) is 22.2 Å². The van der Waals surface area contributed by atoms with E-state index in [9.17, 15) is 5.26 Å². The van der Waals surface area contributed by atoms with E-state index in [-0.39, 0.29) is 6.04 Å². The zero-order valence-electron chi connectivity index (χ0n) is 10.7. The Morgan fingerprint density at radius 3 is 3.05 bits per heavy atom. The Hall–Kier alpha value is -2.05. The largest absolute Gasteiger partial charge is 0.357 e. The summed E-state index contributed by atoms with van der Waals surface area (Å²) < 4.78 is 0. The minimum Gasteiger partial charge on any atom is -0.357 e. The van der Waals surface area contributed by atoms with Crippen molar-refractivity contribution < 1.29 is 0 Å². The minimum atomic E-state index is 0.148. The van der Waals surface area contributed by atoms with Crippen LogP contribution in [0.3, 0.4) is 0 Å². The first-order valence-corrected chi connectivity index (χ1v) is 6.82. The second kappa shape index (κ2) is 3.97. The van der Waals surface area contributed by atoms with Gasteiger partial charge < -0.3 is 4.98 Å². The number of nitrogens with zero attached hydrogens (tertiary/aromatic N) is 2. The lowest BCUT2D eigenvalue weighted by molar-refractivity contribution is 0.204. The van der Waals surface area contributed by atoms with Crippen molar-refractivity contribution in [1.82, 2.24) is 9.88 Å². The molecule has 1 N–H and O–H groups in total. The van der Waals surface area contributed by atoms with Crippen LogP contribution in [-0.2, 0) is 6.42 Å². The van der Waals surface area contributed by atoms with Gasteiger partial charge in [0.2, 0.25) is 0 Å². The summed E-state index contributed by atoms with van der Waals surface area (Å²) in [6, 6.07) is 11.0. The highest BCUT2D eigenvalue weighted by molar-refractivity contribution is 5.85. The van der Waals surface area contributed by atoms with Gasteiger partial charge in [0, 0.05) is 35.3 Å². The number of hydrogen-bond acceptors (Lipinski definition) is 2. The monoisotopic (exact) mass is 249 g/mol. The Morgan fingerprint density at radius 1 is 1.26 bits per heavy atom. The van der Waals surface area contributed by atoms with Gasteiger partial charge in [0.05, 0.1) is 12.1 Å². The van der Waals surface area contributed by atoms with Crippen molar-refractivity contribution in [1.29, 1.82) is 5.26 Å². The lowest BCUT2D eigenvalue weighted by Crippen LogP contribution is -2.38. The van der Waals surface area contributed by atoms with Crippen LogP contribution in [-0.4, -0.2) is 23.0 Å². The quantitative estimate of drug-likeness (QED) is 0.780. The predicted molar refractivity (Wildman–Crippen MR) is 74.6 cm³/mol. The number of H-pyrrole nitrogens is 1. The molecule has 0 amide bonds. The first-order valence-electron chi connectivity index (χ1n) is 6.82. The second-order valence-corrected chi connectivity index (χ2v) is 5.31. The SMILES string of the molecule is N#CC1=CCCN2CCc3c([nH]c4ccccc34)C12. The molecule has 0 saturated heterocycles. The Balaban J connectivity index is 1.96. The summed E-state index contributed by atoms with van der Waals surface area (Å²) in [7, 11) is 0. The average molecular weight is 249 g/mol. The number of para-hydroxylation sites is 1. The first-order chi connectivity index (χ1) is 9.38. The standard InChI is InChI=1S/C16H15N3/c17-10-11-4-3-8-19-9-7-13-12-5-1-2-6-14(12)18-15(13)16(11)19/h1-2,4-6,16,18H,3,7-9H2. The Bertz CT molecular complexity index is 717. The van der Waals surface area contributed by atoms with E-state index in [2.05, 4.69) is 46.3 Å². The third-order valence-electron chi connectivity index (χ3n) is 4.34. The van der Waals surface area contributed by atoms with Gasteiger partial charge in [-0.25, -0.2) is 0 Å². The lowest BCUT2D eigenvalue weighted by atomic mass is 9.90. The molecule has 94 valence electrons. The maximum absolute atomic E-state index is 9.37. The van der Waals surface area contributed by atoms with Crippen LogP contribution in [0.5, 0.6) is 0 Å². The molecule has 4 rings (SSSR count). The molecule has 1 atom stereocenters. The van der Waals surface area contributed by atoms with Crippen LogP contribution in [0.15, 0.2) is 35.9 Å². The van der Waals surface area contributed by atoms with Crippen molar-refractivity contribution in [2.45, 2.75) is 18.9 Å². The molecule has 1 aromatic carbocycles. The number of aromatic amines is 1. The topological polar surface area (TPSA) is 42.8 Å². The fourth-order valence-electron chi connectivity index (χ4n) is 3.49. The molecular formula is C16H15N3. The van der Waals surface area contributed by atoms with Crippen LogP contribution in [0.2, 0.25) is 0 Å². The molecule has 2 aromatic rings. The van der Waals surface area contributed by atoms with Gasteiger partial charge in [-0.15, -0.1) is 0 Å². The number of nitrogens with one attached hydrogen (secondary N) is 1. The van der Waals surface area contributed by atoms with E-state index in [4.69, 9.17) is 0 Å². The van der Waals surface area contributed by atoms with E-state index in [1.807, 2.05) is 0 Å². The molecule has 1 aromatic heterocycles. The zero-order chi connectivity index (χ0) is 12.8. The number of nitriles is 1. The van der Waals surface area contributed by atoms with Crippen molar-refractivity contribution in [3.63, 3.8) is 0 Å². The highest BCUT2D eigenvalue weighted by atomic mass is 15.2. The third kappa shape index (κ3) is 1.47. The average Bonchev–Trinajstić information content (AvgIpc) is 2.85. The number of rotatable bonds is 0. The summed E-state index contributed by atoms with van der Waals surface area (Å²) in [5, 5.41) is 10.7. The van der Waals surface area contributed by atoms with Gasteiger partial charge in [0.1, 0.15) is 0 Å². The van der Waals surface area contributed by atoms with E-state index >= 15 is 0 Å². The summed E-state index contributed by atoms with van der Waals surface area (Å²) >= 11 is 0. The highest BCUT2D eigenvalue weighted by Crippen LogP contribution is 2.39. The molecule has 2 aliphatic heterocycles. The number of hydrogen-bond donors (Lipinski definition) is 1. The molecule has 3 nitrogen and oxygen atoms in total. The molecule has 0 radical (unpaired) electrons. The van der Waals surface area contributed by atoms with Crippen molar-refractivity contribution in [3.8, 4) is 6.07 Å². The molecule has 1 unspecified atom stereocenters. The fourth-order valence-corrected chi connectivity index (χ4v) is 3.49. The van der Waals surface area contributed by atoms with Crippen molar-refractivity contribution in [3.05, 3.63) is 47.2 Å². The van der Waals surface area contributed by atoms with E-state index in [0.29, 0.717) is 0 Å². The maximum Gasteiger partial charge on any atom is 0.0964 e. The Morgan fingerprint density at radius 2 is 2.16 bits per heavy atom. The molecule has 0 spiro atoms. The van der Waals surface area contributed by atoms with Crippen molar-refractivity contribution in [2.75, 3.05) is 13.1 Å². The molecule has 0 saturated carbocycles. The maximum atomic E-state index is 9.37. The zero-order valence-corrected chi connectivity index (χ0v) is 10.7. The van der Waals surface area contributed by atoms with Gasteiger partial charge >= 0.3 is 0 Å². The van der Waals surface area contributed by atoms with Gasteiger partial charge in [-0.2, -0.15) is 5.26 Å². The van der Waals surface area contributed by atoms with E-state index in [0.717, 1.165) is 31.5 Å². The highest BCUT2D eigenvalue weighted by Gasteiger charge is 2.34. The van der Waals surface area contributed by atoms with Gasteiger partial charge in [0.25, 0.3) is 0 Å². The van der Waals surface area contributed by atoms with Gasteiger partial charge in [-0.3, -0.25) is 4.90 Å². The fraction of sp³-hybridized carbons (Fsp3) is 0.312. The third-order valence-corrected chi connectivity index (χ3v) is 4.34. The summed E-state index contributed by atoms with van der Waals surface area (Å²) in [4.78, 5) is 5.97. The van der Waals surface area contributed by atoms with Crippen LogP contribution in [0.4, 0.5) is 0 Å². The van der Waals surface area contributed by atoms with Gasteiger partial charge in [0.15, 0.2) is 0 Å². The lowest BCUT2D eigenvalue weighted by Gasteiger charge is -2.37. The number of benzene rings is 1. The van der Waals surface area contributed by atoms with Crippen LogP contribution >= 0.6 is 0 Å². The normalized spacial score (nSPS) is 22.5. The van der Waals surface area contributed by atoms with Crippen LogP contribution in [0.25, 0.3) is 10.9 Å². The first kappa shape index (κ1) is 10.8. The second-order valence-electron chi connectivity index (χ2n) is 5.31. The molecule has 3 heteroatoms. The summed E-state index contributed by atoms with van der Waals surface area (Å²) in [5.41, 5.74) is 4.73. The van der Waals surface area contributed by atoms with Crippen LogP contribution in [0.1, 0.15) is 23.7 Å². The Kier molecular flexibility index (Phi) is 2.27. The molecule has 0 aliphatic carbocycles. The minimum absolute atomic E-state index is 0.148. The van der Waals surface area contributed by atoms with Crippen LogP contribution in [0, 0.1) is 11.3 Å². The molecule has 19 heavy (non-hydrogen) atoms. The van der Waals surface area contributed by atoms with E-state index < -0.39 is 0 Å². The van der Waals surface area contributed by atoms with E-state index in [1.54, 1.807) is 0 Å². The predicted octanol–water partition coefficient (Wildman–Crippen LogP) is 2.92. The Labute approximate surface area is 112 Å². The molecule has 0 bridgehead atoms. The number of fused-ring (bicyclic) bond motifs is 5. The van der Waals surface area contributed by atoms with Gasteiger partial charge in [-0.05, 0) is 24.5 Å². The molecule has 0 fully saturated rings. The summed E-state index contributed by atoms with van der Waals surface area (Å²) in [6.45, 7) is 2.11. The molecular weight excluding hydrogens is 234 g/mol. The van der Waals surface area contributed by atoms with Crippen LogP contribution < -0.4 is 0 Å². The molecule has 2 aliphatic rings. The van der Waals surface area contributed by atoms with Crippen molar-refractivity contribution in [2.24, 2.45) is 0 Å². The summed E-state index contributed by atoms with van der Waals surface area (Å²) in [5.74, 6) is 0. The van der Waals surface area contributed by atoms with Crippen molar-refractivity contribution >= 4 is 10.9 Å². The number of aromatic nitrogens is 1. The van der Waals surface area contributed by atoms with Gasteiger partial charge in [-0.1, -0.05) is 24.3 Å². The summed E-state index contributed by atoms with van der Waals surface area (Å²) in [6.07, 6.45) is 4.17. The smallest absolute Gasteiger partial charge is 0.0964 e. The molecule has 3 heterocycles.